The molecular weight excluding hydrogens is 412 g/mol. The number of hydrogen-bond donors (Lipinski definition) is 2. The first-order chi connectivity index (χ1) is 15.2. The first-order valence-electron chi connectivity index (χ1n) is 10.1. The van der Waals surface area contributed by atoms with E-state index in [0.717, 1.165) is 12.2 Å². The number of carbonyl (C=O) groups is 1. The zero-order chi connectivity index (χ0) is 21.5. The van der Waals surface area contributed by atoms with Gasteiger partial charge in [0.2, 0.25) is 5.91 Å². The molecule has 0 unspecified atom stereocenters. The van der Waals surface area contributed by atoms with Crippen molar-refractivity contribution in [2.24, 2.45) is 0 Å². The van der Waals surface area contributed by atoms with Crippen LogP contribution < -0.4 is 10.6 Å². The number of furan rings is 1. The van der Waals surface area contributed by atoms with E-state index in [1.54, 1.807) is 22.5 Å². The van der Waals surface area contributed by atoms with Gasteiger partial charge in [-0.1, -0.05) is 12.1 Å². The van der Waals surface area contributed by atoms with Crippen molar-refractivity contribution in [2.75, 3.05) is 18.1 Å². The van der Waals surface area contributed by atoms with Crippen molar-refractivity contribution in [1.29, 1.82) is 0 Å². The highest BCUT2D eigenvalue weighted by Gasteiger charge is 2.10. The molecular formula is C22H24N6O2S. The summed E-state index contributed by atoms with van der Waals surface area (Å²) in [6, 6.07) is 15.8. The van der Waals surface area contributed by atoms with Crippen molar-refractivity contribution in [3.63, 3.8) is 0 Å². The Morgan fingerprint density at radius 2 is 1.97 bits per heavy atom. The average Bonchev–Trinajstić information content (AvgIpc) is 3.46. The zero-order valence-electron chi connectivity index (χ0n) is 17.2. The Kier molecular flexibility index (Phi) is 6.83. The van der Waals surface area contributed by atoms with E-state index < -0.39 is 0 Å². The van der Waals surface area contributed by atoms with Crippen LogP contribution in [0.4, 0.5) is 5.82 Å². The molecule has 3 aromatic heterocycles. The standard InChI is InChI=1S/C22H24N6O2S/c1-31-18-6-4-16(5-7-18)12-13-23-22(29)11-10-21-26-25-20-9-8-19(27-28(20)21)24-15-17-3-2-14-30-17/h2-9,14H,10-13,15H2,1H3,(H,23,29)(H,24,27). The molecule has 0 radical (unpaired) electrons. The number of anilines is 1. The Bertz CT molecular complexity index is 1120. The first kappa shape index (κ1) is 20.9. The fourth-order valence-electron chi connectivity index (χ4n) is 3.13. The molecule has 0 bridgehead atoms. The molecule has 0 spiro atoms. The van der Waals surface area contributed by atoms with Crippen LogP contribution in [0.5, 0.6) is 0 Å². The van der Waals surface area contributed by atoms with Gasteiger partial charge in [0.1, 0.15) is 11.6 Å². The van der Waals surface area contributed by atoms with Crippen LogP contribution in [0.1, 0.15) is 23.6 Å². The molecule has 1 aromatic carbocycles. The molecule has 31 heavy (non-hydrogen) atoms. The molecule has 4 aromatic rings. The van der Waals surface area contributed by atoms with Crippen LogP contribution in [0, 0.1) is 0 Å². The van der Waals surface area contributed by atoms with E-state index in [0.29, 0.717) is 43.2 Å². The second kappa shape index (κ2) is 10.1. The van der Waals surface area contributed by atoms with E-state index in [1.165, 1.54) is 10.5 Å². The smallest absolute Gasteiger partial charge is 0.220 e. The van der Waals surface area contributed by atoms with Gasteiger partial charge >= 0.3 is 0 Å². The van der Waals surface area contributed by atoms with Gasteiger partial charge < -0.3 is 15.1 Å². The fourth-order valence-corrected chi connectivity index (χ4v) is 3.53. The Balaban J connectivity index is 1.27. The molecule has 1 amide bonds. The van der Waals surface area contributed by atoms with E-state index in [1.807, 2.05) is 24.3 Å². The van der Waals surface area contributed by atoms with Crippen molar-refractivity contribution in [2.45, 2.75) is 30.7 Å². The lowest BCUT2D eigenvalue weighted by molar-refractivity contribution is -0.121. The minimum atomic E-state index is -0.00965. The van der Waals surface area contributed by atoms with E-state index in [9.17, 15) is 4.79 Å². The summed E-state index contributed by atoms with van der Waals surface area (Å²) < 4.78 is 6.99. The van der Waals surface area contributed by atoms with Crippen molar-refractivity contribution in [3.8, 4) is 0 Å². The fraction of sp³-hybridized carbons (Fsp3) is 0.273. The average molecular weight is 437 g/mol. The number of amides is 1. The minimum absolute atomic E-state index is 0.00965. The maximum Gasteiger partial charge on any atom is 0.220 e. The van der Waals surface area contributed by atoms with Gasteiger partial charge in [0.25, 0.3) is 0 Å². The van der Waals surface area contributed by atoms with E-state index >= 15 is 0 Å². The van der Waals surface area contributed by atoms with Gasteiger partial charge in [-0.15, -0.1) is 27.1 Å². The van der Waals surface area contributed by atoms with Crippen LogP contribution in [0.25, 0.3) is 5.65 Å². The van der Waals surface area contributed by atoms with Crippen molar-refractivity contribution in [1.82, 2.24) is 25.1 Å². The highest BCUT2D eigenvalue weighted by atomic mass is 32.2. The summed E-state index contributed by atoms with van der Waals surface area (Å²) in [7, 11) is 0. The number of nitrogens with one attached hydrogen (secondary N) is 2. The highest BCUT2D eigenvalue weighted by molar-refractivity contribution is 7.98. The van der Waals surface area contributed by atoms with Crippen LogP contribution in [0.15, 0.2) is 64.1 Å². The summed E-state index contributed by atoms with van der Waals surface area (Å²) in [6.07, 6.45) is 5.29. The number of thioether (sulfide) groups is 1. The second-order valence-electron chi connectivity index (χ2n) is 6.99. The topological polar surface area (TPSA) is 97.3 Å². The molecule has 0 aliphatic heterocycles. The van der Waals surface area contributed by atoms with Crippen LogP contribution in [-0.2, 0) is 24.2 Å². The van der Waals surface area contributed by atoms with E-state index in [-0.39, 0.29) is 5.91 Å². The summed E-state index contributed by atoms with van der Waals surface area (Å²) in [5.74, 6) is 2.15. The monoisotopic (exact) mass is 436 g/mol. The number of benzene rings is 1. The Morgan fingerprint density at radius 3 is 2.74 bits per heavy atom. The number of nitrogens with zero attached hydrogens (tertiary/aromatic N) is 4. The van der Waals surface area contributed by atoms with E-state index in [4.69, 9.17) is 4.42 Å². The van der Waals surface area contributed by atoms with E-state index in [2.05, 4.69) is 56.5 Å². The van der Waals surface area contributed by atoms with Gasteiger partial charge in [-0.05, 0) is 54.6 Å². The van der Waals surface area contributed by atoms with Crippen molar-refractivity contribution in [3.05, 3.63) is 71.9 Å². The lowest BCUT2D eigenvalue weighted by Crippen LogP contribution is -2.26. The molecule has 8 nitrogen and oxygen atoms in total. The molecule has 160 valence electrons. The summed E-state index contributed by atoms with van der Waals surface area (Å²) in [5.41, 5.74) is 1.85. The predicted octanol–water partition coefficient (Wildman–Crippen LogP) is 3.34. The number of rotatable bonds is 10. The predicted molar refractivity (Wildman–Crippen MR) is 120 cm³/mol. The molecule has 0 fully saturated rings. The van der Waals surface area contributed by atoms with Crippen molar-refractivity contribution >= 4 is 29.1 Å². The Labute approximate surface area is 184 Å². The molecule has 0 saturated carbocycles. The van der Waals surface area contributed by atoms with Gasteiger partial charge in [-0.25, -0.2) is 0 Å². The van der Waals surface area contributed by atoms with Crippen molar-refractivity contribution < 1.29 is 9.21 Å². The largest absolute Gasteiger partial charge is 0.467 e. The Hall–Kier alpha value is -3.33. The van der Waals surface area contributed by atoms with Gasteiger partial charge in [0.05, 0.1) is 12.8 Å². The number of carbonyl (C=O) groups excluding carboxylic acids is 1. The third-order valence-electron chi connectivity index (χ3n) is 4.82. The zero-order valence-corrected chi connectivity index (χ0v) is 18.1. The first-order valence-corrected chi connectivity index (χ1v) is 11.3. The third kappa shape index (κ3) is 5.64. The molecule has 0 aliphatic rings. The summed E-state index contributed by atoms with van der Waals surface area (Å²) >= 11 is 1.72. The van der Waals surface area contributed by atoms with Gasteiger partial charge in [-0.2, -0.15) is 4.52 Å². The number of hydrogen-bond acceptors (Lipinski definition) is 7. The molecule has 4 rings (SSSR count). The van der Waals surface area contributed by atoms with Crippen LogP contribution in [0.3, 0.4) is 0 Å². The van der Waals surface area contributed by atoms with Gasteiger partial charge in [0, 0.05) is 24.3 Å². The Morgan fingerprint density at radius 1 is 1.10 bits per heavy atom. The molecule has 0 atom stereocenters. The highest BCUT2D eigenvalue weighted by Crippen LogP contribution is 2.15. The quantitative estimate of drug-likeness (QED) is 0.368. The normalized spacial score (nSPS) is 11.0. The minimum Gasteiger partial charge on any atom is -0.467 e. The molecule has 0 aliphatic carbocycles. The SMILES string of the molecule is CSc1ccc(CCNC(=O)CCc2nnc3ccc(NCc4ccco4)nn23)cc1. The van der Waals surface area contributed by atoms with Crippen LogP contribution in [0.2, 0.25) is 0 Å². The summed E-state index contributed by atoms with van der Waals surface area (Å²) in [5, 5.41) is 19.0. The summed E-state index contributed by atoms with van der Waals surface area (Å²) in [4.78, 5) is 13.5. The molecule has 9 heteroatoms. The summed E-state index contributed by atoms with van der Waals surface area (Å²) in [6.45, 7) is 1.14. The van der Waals surface area contributed by atoms with Gasteiger partial charge in [-0.3, -0.25) is 4.79 Å². The molecule has 2 N–H and O–H groups in total. The second-order valence-corrected chi connectivity index (χ2v) is 7.87. The number of aryl methyl sites for hydroxylation is 1. The van der Waals surface area contributed by atoms with Gasteiger partial charge in [0.15, 0.2) is 11.5 Å². The third-order valence-corrected chi connectivity index (χ3v) is 5.57. The maximum absolute atomic E-state index is 12.3. The molecule has 0 saturated heterocycles. The molecule has 3 heterocycles. The van der Waals surface area contributed by atoms with Crippen LogP contribution >= 0.6 is 11.8 Å². The maximum atomic E-state index is 12.3. The number of fused-ring (bicyclic) bond motifs is 1. The van der Waals surface area contributed by atoms with Crippen LogP contribution in [-0.4, -0.2) is 38.5 Å². The lowest BCUT2D eigenvalue weighted by Gasteiger charge is -2.06. The lowest BCUT2D eigenvalue weighted by atomic mass is 10.1. The number of aromatic nitrogens is 4.